The van der Waals surface area contributed by atoms with Crippen molar-refractivity contribution in [3.8, 4) is 33.6 Å². The molecule has 1 aliphatic rings. The summed E-state index contributed by atoms with van der Waals surface area (Å²) < 4.78 is 50.7. The molecule has 6 nitrogen and oxygen atoms in total. The number of rotatable bonds is 8. The van der Waals surface area contributed by atoms with Crippen LogP contribution in [0.2, 0.25) is 0 Å². The van der Waals surface area contributed by atoms with Crippen LogP contribution < -0.4 is 0 Å². The summed E-state index contributed by atoms with van der Waals surface area (Å²) in [5.74, 6) is 0.210. The third-order valence-electron chi connectivity index (χ3n) is 8.11. The number of aromatic nitrogens is 2. The van der Waals surface area contributed by atoms with E-state index in [9.17, 15) is 23.1 Å². The Hall–Kier alpha value is -4.76. The molecule has 1 atom stereocenters. The Labute approximate surface area is 252 Å². The molecule has 0 spiro atoms. The molecule has 0 radical (unpaired) electrons. The lowest BCUT2D eigenvalue weighted by atomic mass is 9.93. The van der Waals surface area contributed by atoms with Crippen LogP contribution in [0.25, 0.3) is 33.6 Å². The molecule has 224 valence electrons. The van der Waals surface area contributed by atoms with Gasteiger partial charge >= 0.3 is 12.1 Å². The molecule has 9 heteroatoms. The first-order valence-corrected chi connectivity index (χ1v) is 14.3. The second kappa shape index (κ2) is 11.4. The van der Waals surface area contributed by atoms with E-state index >= 15 is 0 Å². The van der Waals surface area contributed by atoms with Crippen molar-refractivity contribution >= 4 is 5.97 Å². The fraction of sp³-hybridized carbons (Fsp3) is 0.229. The van der Waals surface area contributed by atoms with Gasteiger partial charge in [0.05, 0.1) is 28.8 Å². The molecule has 1 N–H and O–H groups in total. The summed E-state index contributed by atoms with van der Waals surface area (Å²) in [5, 5.41) is 15.5. The Kier molecular flexibility index (Phi) is 7.59. The SMILES string of the molecule is CCOC(=O)C1(c2ccc(-c3ccc(-c4onc(C)c4C(O)c4cncc(-c5cccc(C(F)(F)F)c5)c4)cc3)cc2)CC1. The lowest BCUT2D eigenvalue weighted by Gasteiger charge is -2.15. The molecule has 44 heavy (non-hydrogen) atoms. The highest BCUT2D eigenvalue weighted by Gasteiger charge is 2.52. The number of hydrogen-bond donors (Lipinski definition) is 1. The summed E-state index contributed by atoms with van der Waals surface area (Å²) in [5.41, 5.74) is 4.38. The lowest BCUT2D eigenvalue weighted by Crippen LogP contribution is -2.23. The highest BCUT2D eigenvalue weighted by molar-refractivity contribution is 5.87. The van der Waals surface area contributed by atoms with Crippen molar-refractivity contribution in [1.29, 1.82) is 0 Å². The zero-order valence-corrected chi connectivity index (χ0v) is 24.1. The first kappa shape index (κ1) is 29.3. The van der Waals surface area contributed by atoms with Crippen LogP contribution in [-0.2, 0) is 21.1 Å². The first-order valence-electron chi connectivity index (χ1n) is 14.3. The number of carbonyl (C=O) groups is 1. The minimum Gasteiger partial charge on any atom is -0.465 e. The molecule has 5 aromatic rings. The second-order valence-electron chi connectivity index (χ2n) is 11.0. The number of carbonyl (C=O) groups excluding carboxylic acids is 1. The third kappa shape index (κ3) is 5.51. The molecular formula is C35H29F3N2O4. The van der Waals surface area contributed by atoms with Crippen molar-refractivity contribution in [1.82, 2.24) is 10.1 Å². The van der Waals surface area contributed by atoms with Gasteiger partial charge in [-0.2, -0.15) is 13.2 Å². The molecule has 1 fully saturated rings. The fourth-order valence-corrected chi connectivity index (χ4v) is 5.51. The molecule has 2 heterocycles. The maximum Gasteiger partial charge on any atom is 0.416 e. The largest absolute Gasteiger partial charge is 0.465 e. The van der Waals surface area contributed by atoms with E-state index < -0.39 is 23.3 Å². The predicted octanol–water partition coefficient (Wildman–Crippen LogP) is 8.07. The van der Waals surface area contributed by atoms with Gasteiger partial charge in [-0.25, -0.2) is 0 Å². The molecule has 1 unspecified atom stereocenters. The van der Waals surface area contributed by atoms with E-state index in [2.05, 4.69) is 10.1 Å². The van der Waals surface area contributed by atoms with Crippen molar-refractivity contribution in [3.63, 3.8) is 0 Å². The van der Waals surface area contributed by atoms with E-state index in [1.165, 1.54) is 18.5 Å². The summed E-state index contributed by atoms with van der Waals surface area (Å²) >= 11 is 0. The number of aryl methyl sites for hydroxylation is 1. The Morgan fingerprint density at radius 3 is 2.23 bits per heavy atom. The van der Waals surface area contributed by atoms with Crippen LogP contribution in [0.3, 0.4) is 0 Å². The van der Waals surface area contributed by atoms with Gasteiger partial charge < -0.3 is 14.4 Å². The first-order chi connectivity index (χ1) is 21.1. The van der Waals surface area contributed by atoms with E-state index in [-0.39, 0.29) is 5.97 Å². The molecule has 0 bridgehead atoms. The predicted molar refractivity (Wildman–Crippen MR) is 158 cm³/mol. The zero-order valence-electron chi connectivity index (χ0n) is 24.1. The van der Waals surface area contributed by atoms with Crippen LogP contribution in [0.4, 0.5) is 13.2 Å². The van der Waals surface area contributed by atoms with Crippen molar-refractivity contribution < 1.29 is 32.3 Å². The van der Waals surface area contributed by atoms with Crippen LogP contribution in [0.1, 0.15) is 53.8 Å². The summed E-state index contributed by atoms with van der Waals surface area (Å²) in [7, 11) is 0. The number of esters is 1. The standard InChI is InChI=1S/C35H29F3N2O4/c1-3-43-33(42)34(15-16-34)28-13-11-23(12-14-28)22-7-9-24(10-8-22)32-30(21(2)40-44-32)31(41)27-17-26(19-39-20-27)25-5-4-6-29(18-25)35(36,37)38/h4-14,17-20,31,41H,3,15-16H2,1-2H3. The molecule has 1 saturated carbocycles. The molecule has 2 aromatic heterocycles. The van der Waals surface area contributed by atoms with E-state index in [0.717, 1.165) is 41.7 Å². The number of pyridine rings is 1. The summed E-state index contributed by atoms with van der Waals surface area (Å²) in [4.78, 5) is 16.6. The van der Waals surface area contributed by atoms with Crippen molar-refractivity contribution in [2.75, 3.05) is 6.61 Å². The highest BCUT2D eigenvalue weighted by Crippen LogP contribution is 2.49. The van der Waals surface area contributed by atoms with Gasteiger partial charge in [-0.3, -0.25) is 9.78 Å². The Morgan fingerprint density at radius 2 is 1.59 bits per heavy atom. The second-order valence-corrected chi connectivity index (χ2v) is 11.0. The molecule has 3 aromatic carbocycles. The summed E-state index contributed by atoms with van der Waals surface area (Å²) in [6.45, 7) is 3.88. The van der Waals surface area contributed by atoms with Gasteiger partial charge in [-0.1, -0.05) is 65.8 Å². The number of aliphatic hydroxyl groups excluding tert-OH is 1. The quantitative estimate of drug-likeness (QED) is 0.182. The van der Waals surface area contributed by atoms with Gasteiger partial charge in [0.1, 0.15) is 6.10 Å². The number of ether oxygens (including phenoxy) is 1. The van der Waals surface area contributed by atoms with E-state index in [0.29, 0.717) is 45.9 Å². The van der Waals surface area contributed by atoms with Crippen molar-refractivity contribution in [3.05, 3.63) is 119 Å². The van der Waals surface area contributed by atoms with Crippen molar-refractivity contribution in [2.45, 2.75) is 44.4 Å². The highest BCUT2D eigenvalue weighted by atomic mass is 19.4. The Bertz CT molecular complexity index is 1810. The maximum atomic E-state index is 13.3. The average Bonchev–Trinajstić information content (AvgIpc) is 3.77. The Morgan fingerprint density at radius 1 is 0.932 bits per heavy atom. The monoisotopic (exact) mass is 598 g/mol. The number of aliphatic hydroxyl groups is 1. The molecule has 1 aliphatic carbocycles. The van der Waals surface area contributed by atoms with Crippen LogP contribution in [0.5, 0.6) is 0 Å². The van der Waals surface area contributed by atoms with Crippen LogP contribution in [0, 0.1) is 6.92 Å². The molecular weight excluding hydrogens is 569 g/mol. The van der Waals surface area contributed by atoms with Gasteiger partial charge in [0.2, 0.25) is 0 Å². The topological polar surface area (TPSA) is 85.5 Å². The molecule has 6 rings (SSSR count). The van der Waals surface area contributed by atoms with Gasteiger partial charge in [0.15, 0.2) is 5.76 Å². The van der Waals surface area contributed by atoms with Gasteiger partial charge in [-0.05, 0) is 67.1 Å². The van der Waals surface area contributed by atoms with Gasteiger partial charge in [0.25, 0.3) is 0 Å². The Balaban J connectivity index is 1.24. The van der Waals surface area contributed by atoms with Crippen LogP contribution in [0.15, 0.2) is 95.8 Å². The minimum absolute atomic E-state index is 0.171. The number of nitrogens with zero attached hydrogens (tertiary/aromatic N) is 2. The molecule has 0 amide bonds. The number of alkyl halides is 3. The van der Waals surface area contributed by atoms with Crippen LogP contribution in [-0.4, -0.2) is 27.8 Å². The molecule has 0 aliphatic heterocycles. The molecule has 0 saturated heterocycles. The zero-order chi connectivity index (χ0) is 31.1. The summed E-state index contributed by atoms with van der Waals surface area (Å²) in [6.07, 6.45) is -1.15. The minimum atomic E-state index is -4.47. The maximum absolute atomic E-state index is 13.3. The number of halogens is 3. The third-order valence-corrected chi connectivity index (χ3v) is 8.11. The average molecular weight is 599 g/mol. The lowest BCUT2D eigenvalue weighted by molar-refractivity contribution is -0.146. The van der Waals surface area contributed by atoms with E-state index in [4.69, 9.17) is 9.26 Å². The van der Waals surface area contributed by atoms with Gasteiger partial charge in [-0.15, -0.1) is 0 Å². The fourth-order valence-electron chi connectivity index (χ4n) is 5.51. The smallest absolute Gasteiger partial charge is 0.416 e. The van der Waals surface area contributed by atoms with Gasteiger partial charge in [0, 0.05) is 29.1 Å². The van der Waals surface area contributed by atoms with Crippen molar-refractivity contribution in [2.24, 2.45) is 0 Å². The number of benzene rings is 3. The summed E-state index contributed by atoms with van der Waals surface area (Å²) in [6, 6.07) is 22.1. The van der Waals surface area contributed by atoms with Crippen LogP contribution >= 0.6 is 0 Å². The van der Waals surface area contributed by atoms with E-state index in [1.54, 1.807) is 19.1 Å². The normalized spacial score (nSPS) is 14.7. The number of hydrogen-bond acceptors (Lipinski definition) is 6. The van der Waals surface area contributed by atoms with E-state index in [1.807, 2.05) is 55.5 Å².